The number of rotatable bonds is 8. The van der Waals surface area contributed by atoms with E-state index in [1.165, 1.54) is 132 Å². The molecule has 0 bridgehead atoms. The first-order valence-electron chi connectivity index (χ1n) is 14.6. The number of fused-ring (bicyclic) bond motifs is 6. The first-order valence-corrected chi connectivity index (χ1v) is 16.2. The first kappa shape index (κ1) is 23.2. The van der Waals surface area contributed by atoms with Crippen molar-refractivity contribution in [3.05, 3.63) is 58.3 Å². The van der Waals surface area contributed by atoms with Gasteiger partial charge in [-0.15, -0.1) is 22.7 Å². The van der Waals surface area contributed by atoms with E-state index >= 15 is 0 Å². The molecule has 2 aliphatic rings. The lowest BCUT2D eigenvalue weighted by molar-refractivity contribution is 0.485. The summed E-state index contributed by atoms with van der Waals surface area (Å²) in [5.74, 6) is 2.02. The van der Waals surface area contributed by atoms with Crippen LogP contribution in [-0.4, -0.2) is 0 Å². The van der Waals surface area contributed by atoms with Gasteiger partial charge in [-0.2, -0.15) is 0 Å². The zero-order valence-corrected chi connectivity index (χ0v) is 23.1. The molecule has 2 aromatic heterocycles. The van der Waals surface area contributed by atoms with Crippen molar-refractivity contribution in [2.75, 3.05) is 0 Å². The Kier molecular flexibility index (Phi) is 6.52. The quantitative estimate of drug-likeness (QED) is 0.182. The van der Waals surface area contributed by atoms with Crippen molar-refractivity contribution in [3.8, 4) is 0 Å². The molecule has 0 unspecified atom stereocenters. The molecule has 186 valence electrons. The average Bonchev–Trinajstić information content (AvgIpc) is 3.70. The molecular weight excluding hydrogens is 473 g/mol. The summed E-state index contributed by atoms with van der Waals surface area (Å²) in [6.45, 7) is 0. The van der Waals surface area contributed by atoms with E-state index in [2.05, 4.69) is 48.5 Å². The standard InChI is InChI=1S/C34H38S2/c1-2-8-23(7-1)11-5-13-29-19-27-17-15-25-22-32-26(21-31(25)33(27)35-29)16-18-28-20-30(36-34(28)32)14-6-12-24-9-3-4-10-24/h15-24H,1-14H2. The molecule has 0 spiro atoms. The van der Waals surface area contributed by atoms with Gasteiger partial charge in [0.05, 0.1) is 0 Å². The van der Waals surface area contributed by atoms with Crippen LogP contribution in [0.4, 0.5) is 0 Å². The zero-order valence-electron chi connectivity index (χ0n) is 21.5. The minimum absolute atomic E-state index is 1.01. The summed E-state index contributed by atoms with van der Waals surface area (Å²) in [7, 11) is 0. The van der Waals surface area contributed by atoms with Crippen LogP contribution in [0.2, 0.25) is 0 Å². The van der Waals surface area contributed by atoms with Gasteiger partial charge in [0.25, 0.3) is 0 Å². The van der Waals surface area contributed by atoms with Gasteiger partial charge < -0.3 is 0 Å². The van der Waals surface area contributed by atoms with E-state index in [4.69, 9.17) is 0 Å². The highest BCUT2D eigenvalue weighted by Crippen LogP contribution is 2.40. The highest BCUT2D eigenvalue weighted by Gasteiger charge is 2.16. The van der Waals surface area contributed by atoms with E-state index in [9.17, 15) is 0 Å². The number of hydrogen-bond acceptors (Lipinski definition) is 2. The molecule has 0 nitrogen and oxygen atoms in total. The lowest BCUT2D eigenvalue weighted by atomic mass is 9.99. The van der Waals surface area contributed by atoms with Crippen molar-refractivity contribution in [1.82, 2.24) is 0 Å². The van der Waals surface area contributed by atoms with Crippen molar-refractivity contribution >= 4 is 64.4 Å². The molecule has 3 aromatic carbocycles. The number of thiophene rings is 2. The molecule has 2 fully saturated rings. The lowest BCUT2D eigenvalue weighted by Crippen LogP contribution is -1.93. The normalized spacial score (nSPS) is 17.6. The van der Waals surface area contributed by atoms with E-state index in [0.717, 1.165) is 11.8 Å². The Morgan fingerprint density at radius 2 is 0.944 bits per heavy atom. The van der Waals surface area contributed by atoms with Crippen LogP contribution in [0.1, 0.15) is 86.8 Å². The van der Waals surface area contributed by atoms with Gasteiger partial charge in [-0.1, -0.05) is 88.5 Å². The Morgan fingerprint density at radius 1 is 0.528 bits per heavy atom. The van der Waals surface area contributed by atoms with Gasteiger partial charge in [-0.25, -0.2) is 0 Å². The number of benzene rings is 3. The second-order valence-electron chi connectivity index (χ2n) is 11.8. The van der Waals surface area contributed by atoms with Crippen molar-refractivity contribution in [2.45, 2.75) is 89.9 Å². The van der Waals surface area contributed by atoms with Crippen LogP contribution in [0.5, 0.6) is 0 Å². The van der Waals surface area contributed by atoms with Crippen LogP contribution in [-0.2, 0) is 12.8 Å². The molecule has 5 aromatic rings. The molecule has 0 saturated heterocycles. The summed E-state index contributed by atoms with van der Waals surface area (Å²) < 4.78 is 2.98. The Balaban J connectivity index is 1.15. The molecule has 0 aliphatic heterocycles. The minimum Gasteiger partial charge on any atom is -0.140 e. The molecule has 0 radical (unpaired) electrons. The summed E-state index contributed by atoms with van der Waals surface area (Å²) in [4.78, 5) is 3.15. The first-order chi connectivity index (χ1) is 17.8. The Hall–Kier alpha value is -1.90. The summed E-state index contributed by atoms with van der Waals surface area (Å²) in [5.41, 5.74) is 0. The van der Waals surface area contributed by atoms with E-state index in [0.29, 0.717) is 0 Å². The highest BCUT2D eigenvalue weighted by molar-refractivity contribution is 7.20. The minimum atomic E-state index is 1.01. The molecule has 0 amide bonds. The van der Waals surface area contributed by atoms with Gasteiger partial charge >= 0.3 is 0 Å². The molecule has 7 rings (SSSR count). The second-order valence-corrected chi connectivity index (χ2v) is 14.0. The van der Waals surface area contributed by atoms with Gasteiger partial charge in [0.2, 0.25) is 0 Å². The predicted octanol–water partition coefficient (Wildman–Crippen LogP) is 11.4. The van der Waals surface area contributed by atoms with Crippen molar-refractivity contribution < 1.29 is 0 Å². The SMILES string of the molecule is c1cc2cc(CCCC3CCCC3)sc2c2cc3ccc4cc(CCCC5CCCC5)sc4c3cc12. The maximum atomic E-state index is 2.48. The fourth-order valence-electron chi connectivity index (χ4n) is 7.22. The molecule has 36 heavy (non-hydrogen) atoms. The number of aryl methyl sites for hydroxylation is 2. The van der Waals surface area contributed by atoms with Crippen LogP contribution < -0.4 is 0 Å². The molecule has 2 saturated carbocycles. The molecule has 0 atom stereocenters. The van der Waals surface area contributed by atoms with E-state index in [1.807, 2.05) is 22.7 Å². The molecule has 2 heterocycles. The largest absolute Gasteiger partial charge is 0.140 e. The Bertz CT molecular complexity index is 1390. The van der Waals surface area contributed by atoms with Crippen LogP contribution in [0.25, 0.3) is 41.7 Å². The van der Waals surface area contributed by atoms with Gasteiger partial charge in [0.15, 0.2) is 0 Å². The van der Waals surface area contributed by atoms with Crippen LogP contribution in [0.3, 0.4) is 0 Å². The summed E-state index contributed by atoms with van der Waals surface area (Å²) >= 11 is 4.10. The van der Waals surface area contributed by atoms with Crippen molar-refractivity contribution in [1.29, 1.82) is 0 Å². The highest BCUT2D eigenvalue weighted by atomic mass is 32.1. The average molecular weight is 511 g/mol. The van der Waals surface area contributed by atoms with E-state index in [1.54, 1.807) is 9.75 Å². The van der Waals surface area contributed by atoms with Gasteiger partial charge in [0.1, 0.15) is 0 Å². The van der Waals surface area contributed by atoms with Gasteiger partial charge in [-0.05, 0) is 83.3 Å². The van der Waals surface area contributed by atoms with Crippen molar-refractivity contribution in [2.24, 2.45) is 11.8 Å². The molecule has 0 N–H and O–H groups in total. The van der Waals surface area contributed by atoms with Gasteiger partial charge in [-0.3, -0.25) is 0 Å². The van der Waals surface area contributed by atoms with Crippen LogP contribution in [0, 0.1) is 11.8 Å². The third-order valence-corrected chi connectivity index (χ3v) is 11.7. The van der Waals surface area contributed by atoms with Crippen LogP contribution in [0.15, 0.2) is 48.5 Å². The monoisotopic (exact) mass is 510 g/mol. The van der Waals surface area contributed by atoms with E-state index < -0.39 is 0 Å². The third kappa shape index (κ3) is 4.61. The fourth-order valence-corrected chi connectivity index (χ4v) is 9.67. The molecule has 2 heteroatoms. The Morgan fingerprint density at radius 3 is 1.39 bits per heavy atom. The van der Waals surface area contributed by atoms with Crippen molar-refractivity contribution in [3.63, 3.8) is 0 Å². The lowest BCUT2D eigenvalue weighted by Gasteiger charge is -2.07. The van der Waals surface area contributed by atoms with E-state index in [-0.39, 0.29) is 0 Å². The molecule has 2 aliphatic carbocycles. The smallest absolute Gasteiger partial charge is 0.0424 e. The predicted molar refractivity (Wildman–Crippen MR) is 162 cm³/mol. The maximum Gasteiger partial charge on any atom is 0.0424 e. The Labute approximate surface area is 223 Å². The zero-order chi connectivity index (χ0) is 23.9. The topological polar surface area (TPSA) is 0 Å². The third-order valence-electron chi connectivity index (χ3n) is 9.24. The summed E-state index contributed by atoms with van der Waals surface area (Å²) in [6, 6.07) is 19.3. The summed E-state index contributed by atoms with van der Waals surface area (Å²) in [6.07, 6.45) is 19.8. The maximum absolute atomic E-state index is 2.48. The molecular formula is C34H38S2. The summed E-state index contributed by atoms with van der Waals surface area (Å²) in [5, 5.41) is 8.56. The fraction of sp³-hybridized carbons (Fsp3) is 0.471. The number of hydrogen-bond donors (Lipinski definition) is 0. The second kappa shape index (κ2) is 10.1. The van der Waals surface area contributed by atoms with Crippen LogP contribution >= 0.6 is 22.7 Å². The van der Waals surface area contributed by atoms with Gasteiger partial charge in [0, 0.05) is 29.9 Å².